The third kappa shape index (κ3) is 2.45. The summed E-state index contributed by atoms with van der Waals surface area (Å²) in [4.78, 5) is 0. The van der Waals surface area contributed by atoms with Crippen molar-refractivity contribution in [3.8, 4) is 11.1 Å². The predicted octanol–water partition coefficient (Wildman–Crippen LogP) is 5.30. The number of hydrogen-bond acceptors (Lipinski definition) is 4. The normalized spacial score (nSPS) is 11.8. The molecule has 0 atom stereocenters. The van der Waals surface area contributed by atoms with Gasteiger partial charge in [0.15, 0.2) is 0 Å². The molecule has 2 heterocycles. The van der Waals surface area contributed by atoms with Crippen LogP contribution in [0.15, 0.2) is 83.3 Å². The smallest absolute Gasteiger partial charge is 0.456 e. The summed E-state index contributed by atoms with van der Waals surface area (Å²) in [5.74, 6) is 0. The molecule has 0 unspecified atom stereocenters. The molecule has 0 fully saturated rings. The summed E-state index contributed by atoms with van der Waals surface area (Å²) in [7, 11) is -1.55. The molecule has 4 aromatic carbocycles. The minimum atomic E-state index is -1.55. The second-order valence-electron chi connectivity index (χ2n) is 7.18. The third-order valence-corrected chi connectivity index (χ3v) is 6.66. The van der Waals surface area contributed by atoms with E-state index in [2.05, 4.69) is 54.6 Å². The maximum Gasteiger partial charge on any atom is 0.489 e. The standard InChI is InChI=1S/C24H15BO3S/c26-25(27)18-7-4-8-20-24(18)17-13-14(11-12-19(17)28-20)15-6-3-10-22-23(15)16-5-1-2-9-21(16)29-22/h1-13,26-27H. The van der Waals surface area contributed by atoms with Crippen molar-refractivity contribution in [3.63, 3.8) is 0 Å². The van der Waals surface area contributed by atoms with Crippen molar-refractivity contribution in [3.05, 3.63) is 78.9 Å². The van der Waals surface area contributed by atoms with Crippen molar-refractivity contribution in [2.24, 2.45) is 0 Å². The molecular formula is C24H15BO3S. The summed E-state index contributed by atoms with van der Waals surface area (Å²) in [6.45, 7) is 0. The minimum Gasteiger partial charge on any atom is -0.456 e. The number of hydrogen-bond donors (Lipinski definition) is 2. The average Bonchev–Trinajstić information content (AvgIpc) is 3.31. The number of fused-ring (bicyclic) bond motifs is 6. The fourth-order valence-corrected chi connectivity index (χ4v) is 5.38. The van der Waals surface area contributed by atoms with Crippen LogP contribution in [-0.4, -0.2) is 17.2 Å². The van der Waals surface area contributed by atoms with Crippen molar-refractivity contribution in [2.45, 2.75) is 0 Å². The van der Waals surface area contributed by atoms with Gasteiger partial charge in [-0.15, -0.1) is 11.3 Å². The molecule has 0 saturated heterocycles. The Kier molecular flexibility index (Phi) is 3.59. The van der Waals surface area contributed by atoms with Gasteiger partial charge in [0.2, 0.25) is 0 Å². The quantitative estimate of drug-likeness (QED) is 0.392. The van der Waals surface area contributed by atoms with Gasteiger partial charge < -0.3 is 14.5 Å². The number of benzene rings is 4. The SMILES string of the molecule is OB(O)c1cccc2oc3ccc(-c4cccc5sc6ccccc6c45)cc3c12. The van der Waals surface area contributed by atoms with Gasteiger partial charge >= 0.3 is 7.12 Å². The summed E-state index contributed by atoms with van der Waals surface area (Å²) in [5.41, 5.74) is 4.09. The van der Waals surface area contributed by atoms with E-state index in [1.54, 1.807) is 23.5 Å². The van der Waals surface area contributed by atoms with Crippen LogP contribution in [0.1, 0.15) is 0 Å². The highest BCUT2D eigenvalue weighted by Crippen LogP contribution is 2.41. The van der Waals surface area contributed by atoms with Gasteiger partial charge in [-0.25, -0.2) is 0 Å². The van der Waals surface area contributed by atoms with Crippen molar-refractivity contribution < 1.29 is 14.5 Å². The van der Waals surface area contributed by atoms with Gasteiger partial charge in [0.05, 0.1) is 0 Å². The van der Waals surface area contributed by atoms with Crippen LogP contribution in [0.5, 0.6) is 0 Å². The van der Waals surface area contributed by atoms with Crippen LogP contribution in [0.25, 0.3) is 53.2 Å². The van der Waals surface area contributed by atoms with Gasteiger partial charge in [0.1, 0.15) is 11.2 Å². The van der Waals surface area contributed by atoms with Crippen LogP contribution in [0.3, 0.4) is 0 Å². The highest BCUT2D eigenvalue weighted by molar-refractivity contribution is 7.25. The molecule has 3 nitrogen and oxygen atoms in total. The zero-order valence-corrected chi connectivity index (χ0v) is 16.1. The van der Waals surface area contributed by atoms with Crippen molar-refractivity contribution in [1.82, 2.24) is 0 Å². The number of thiophene rings is 1. The summed E-state index contributed by atoms with van der Waals surface area (Å²) >= 11 is 1.80. The summed E-state index contributed by atoms with van der Waals surface area (Å²) in [6, 6.07) is 26.4. The molecule has 2 aromatic heterocycles. The summed E-state index contributed by atoms with van der Waals surface area (Å²) in [6.07, 6.45) is 0. The maximum absolute atomic E-state index is 9.83. The van der Waals surface area contributed by atoms with Crippen molar-refractivity contribution in [1.29, 1.82) is 0 Å². The zero-order chi connectivity index (χ0) is 19.5. The molecule has 0 aliphatic rings. The fraction of sp³-hybridized carbons (Fsp3) is 0. The average molecular weight is 394 g/mol. The van der Waals surface area contributed by atoms with E-state index in [1.807, 2.05) is 12.1 Å². The van der Waals surface area contributed by atoms with Crippen LogP contribution >= 0.6 is 11.3 Å². The van der Waals surface area contributed by atoms with Gasteiger partial charge in [0, 0.05) is 30.9 Å². The lowest BCUT2D eigenvalue weighted by Crippen LogP contribution is -2.30. The van der Waals surface area contributed by atoms with Gasteiger partial charge in [0.25, 0.3) is 0 Å². The molecule has 138 valence electrons. The zero-order valence-electron chi connectivity index (χ0n) is 15.3. The lowest BCUT2D eigenvalue weighted by Gasteiger charge is -2.06. The van der Waals surface area contributed by atoms with Gasteiger partial charge in [-0.2, -0.15) is 0 Å². The molecule has 5 heteroatoms. The van der Waals surface area contributed by atoms with E-state index in [9.17, 15) is 10.0 Å². The Morgan fingerprint density at radius 2 is 1.52 bits per heavy atom. The first-order chi connectivity index (χ1) is 14.2. The van der Waals surface area contributed by atoms with E-state index in [4.69, 9.17) is 4.42 Å². The Balaban J connectivity index is 1.69. The van der Waals surface area contributed by atoms with Gasteiger partial charge in [-0.1, -0.05) is 48.5 Å². The Morgan fingerprint density at radius 1 is 0.690 bits per heavy atom. The van der Waals surface area contributed by atoms with Gasteiger partial charge in [-0.05, 0) is 46.9 Å². The summed E-state index contributed by atoms with van der Waals surface area (Å²) < 4.78 is 8.49. The highest BCUT2D eigenvalue weighted by Gasteiger charge is 2.20. The second-order valence-corrected chi connectivity index (χ2v) is 8.27. The van der Waals surface area contributed by atoms with E-state index < -0.39 is 7.12 Å². The molecule has 0 aliphatic carbocycles. The third-order valence-electron chi connectivity index (χ3n) is 5.52. The molecule has 0 radical (unpaired) electrons. The van der Waals surface area contributed by atoms with Crippen LogP contribution in [-0.2, 0) is 0 Å². The van der Waals surface area contributed by atoms with E-state index in [-0.39, 0.29) is 0 Å². The topological polar surface area (TPSA) is 53.6 Å². The van der Waals surface area contributed by atoms with Gasteiger partial charge in [-0.3, -0.25) is 0 Å². The van der Waals surface area contributed by atoms with Crippen molar-refractivity contribution in [2.75, 3.05) is 0 Å². The molecule has 0 bridgehead atoms. The Hall–Kier alpha value is -3.12. The minimum absolute atomic E-state index is 0.456. The monoisotopic (exact) mass is 394 g/mol. The molecule has 29 heavy (non-hydrogen) atoms. The van der Waals surface area contributed by atoms with E-state index in [1.165, 1.54) is 25.7 Å². The molecule has 6 rings (SSSR count). The molecule has 0 amide bonds. The molecule has 0 saturated carbocycles. The Bertz CT molecular complexity index is 1540. The van der Waals surface area contributed by atoms with Crippen LogP contribution in [0, 0.1) is 0 Å². The van der Waals surface area contributed by atoms with Crippen LogP contribution < -0.4 is 5.46 Å². The lowest BCUT2D eigenvalue weighted by molar-refractivity contribution is 0.426. The molecule has 0 aliphatic heterocycles. The first-order valence-electron chi connectivity index (χ1n) is 9.42. The van der Waals surface area contributed by atoms with Crippen LogP contribution in [0.4, 0.5) is 0 Å². The van der Waals surface area contributed by atoms with Crippen molar-refractivity contribution >= 4 is 66.0 Å². The molecule has 0 spiro atoms. The molecule has 6 aromatic rings. The second kappa shape index (κ2) is 6.19. The van der Waals surface area contributed by atoms with Crippen LogP contribution in [0.2, 0.25) is 0 Å². The first-order valence-corrected chi connectivity index (χ1v) is 10.2. The Morgan fingerprint density at radius 3 is 2.41 bits per heavy atom. The fourth-order valence-electron chi connectivity index (χ4n) is 4.25. The summed E-state index contributed by atoms with van der Waals surface area (Å²) in [5, 5.41) is 23.8. The largest absolute Gasteiger partial charge is 0.489 e. The lowest BCUT2D eigenvalue weighted by atomic mass is 9.77. The highest BCUT2D eigenvalue weighted by atomic mass is 32.1. The maximum atomic E-state index is 9.83. The predicted molar refractivity (Wildman–Crippen MR) is 122 cm³/mol. The van der Waals surface area contributed by atoms with E-state index >= 15 is 0 Å². The number of furan rings is 1. The Labute approximate surface area is 170 Å². The van der Waals surface area contributed by atoms with E-state index in [0.29, 0.717) is 11.0 Å². The molecular weight excluding hydrogens is 379 g/mol. The van der Waals surface area contributed by atoms with E-state index in [0.717, 1.165) is 21.9 Å². The molecule has 2 N–H and O–H groups in total. The first kappa shape index (κ1) is 16.8. The number of rotatable bonds is 2.